The number of hydrogen-bond acceptors (Lipinski definition) is 5. The van der Waals surface area contributed by atoms with Crippen LogP contribution in [0.15, 0.2) is 35.8 Å². The van der Waals surface area contributed by atoms with E-state index in [1.54, 1.807) is 5.38 Å². The summed E-state index contributed by atoms with van der Waals surface area (Å²) in [5, 5.41) is 15.5. The molecule has 0 aliphatic carbocycles. The fourth-order valence-corrected chi connectivity index (χ4v) is 2.82. The minimum atomic E-state index is -4.43. The van der Waals surface area contributed by atoms with Crippen molar-refractivity contribution in [3.63, 3.8) is 0 Å². The van der Waals surface area contributed by atoms with Crippen LogP contribution in [0, 0.1) is 10.1 Å². The molecule has 0 saturated heterocycles. The minimum Gasteiger partial charge on any atom is -0.359 e. The van der Waals surface area contributed by atoms with Gasteiger partial charge in [-0.05, 0) is 22.6 Å². The van der Waals surface area contributed by atoms with Gasteiger partial charge in [-0.2, -0.15) is 22.6 Å². The van der Waals surface area contributed by atoms with Gasteiger partial charge in [0.2, 0.25) is 5.82 Å². The Labute approximate surface area is 131 Å². The minimum absolute atomic E-state index is 0.00437. The molecule has 0 unspecified atom stereocenters. The summed E-state index contributed by atoms with van der Waals surface area (Å²) in [7, 11) is 0. The number of thiazole rings is 1. The summed E-state index contributed by atoms with van der Waals surface area (Å²) in [6, 6.07) is 4.77. The third-order valence-corrected chi connectivity index (χ3v) is 3.88. The van der Waals surface area contributed by atoms with Crippen LogP contribution in [-0.2, 0) is 12.7 Å². The lowest BCUT2D eigenvalue weighted by atomic mass is 10.1. The number of benzene rings is 1. The topological polar surface area (TPSA) is 72.5 Å². The Kier molecular flexibility index (Phi) is 3.68. The summed E-state index contributed by atoms with van der Waals surface area (Å²) in [4.78, 5) is 15.1. The van der Waals surface area contributed by atoms with Gasteiger partial charge in [-0.15, -0.1) is 0 Å². The fourth-order valence-electron chi connectivity index (χ4n) is 2.11. The average molecular weight is 342 g/mol. The van der Waals surface area contributed by atoms with Gasteiger partial charge in [0, 0.05) is 11.9 Å². The van der Waals surface area contributed by atoms with Crippen LogP contribution in [0.25, 0.3) is 4.96 Å². The summed E-state index contributed by atoms with van der Waals surface area (Å²) in [5.41, 5.74) is -0.414. The molecule has 23 heavy (non-hydrogen) atoms. The second-order valence-electron chi connectivity index (χ2n) is 4.65. The Morgan fingerprint density at radius 2 is 2.17 bits per heavy atom. The number of nitro groups is 1. The molecule has 3 aromatic rings. The molecule has 1 aromatic carbocycles. The van der Waals surface area contributed by atoms with Crippen molar-refractivity contribution in [2.45, 2.75) is 12.7 Å². The third kappa shape index (κ3) is 2.97. The van der Waals surface area contributed by atoms with E-state index in [0.29, 0.717) is 10.5 Å². The monoisotopic (exact) mass is 342 g/mol. The van der Waals surface area contributed by atoms with Crippen molar-refractivity contribution >= 4 is 27.9 Å². The second kappa shape index (κ2) is 5.54. The number of aromatic nitrogens is 2. The van der Waals surface area contributed by atoms with Gasteiger partial charge in [0.15, 0.2) is 0 Å². The highest BCUT2D eigenvalue weighted by molar-refractivity contribution is 7.15. The summed E-state index contributed by atoms with van der Waals surface area (Å²) < 4.78 is 39.3. The zero-order valence-corrected chi connectivity index (χ0v) is 12.2. The number of fused-ring (bicyclic) bond motifs is 1. The number of rotatable bonds is 4. The van der Waals surface area contributed by atoms with Gasteiger partial charge in [-0.25, -0.2) is 0 Å². The molecule has 0 aliphatic rings. The van der Waals surface area contributed by atoms with E-state index in [-0.39, 0.29) is 18.2 Å². The van der Waals surface area contributed by atoms with E-state index in [1.807, 2.05) is 0 Å². The smallest absolute Gasteiger partial charge is 0.359 e. The number of anilines is 1. The second-order valence-corrected chi connectivity index (χ2v) is 5.52. The van der Waals surface area contributed by atoms with Crippen molar-refractivity contribution in [1.29, 1.82) is 0 Å². The lowest BCUT2D eigenvalue weighted by Crippen LogP contribution is -2.07. The number of nitrogens with zero attached hydrogens (tertiary/aromatic N) is 3. The Morgan fingerprint density at radius 1 is 1.39 bits per heavy atom. The number of imidazole rings is 1. The molecule has 0 aliphatic heterocycles. The fraction of sp³-hybridized carbons (Fsp3) is 0.154. The van der Waals surface area contributed by atoms with E-state index in [9.17, 15) is 23.3 Å². The zero-order chi connectivity index (χ0) is 16.6. The van der Waals surface area contributed by atoms with Crippen molar-refractivity contribution < 1.29 is 18.1 Å². The number of halogens is 3. The summed E-state index contributed by atoms with van der Waals surface area (Å²) in [6.45, 7) is -0.00437. The molecule has 2 heterocycles. The van der Waals surface area contributed by atoms with Crippen molar-refractivity contribution in [1.82, 2.24) is 9.38 Å². The molecule has 0 atom stereocenters. The number of hydrogen-bond donors (Lipinski definition) is 1. The van der Waals surface area contributed by atoms with Gasteiger partial charge < -0.3 is 15.4 Å². The van der Waals surface area contributed by atoms with Crippen LogP contribution in [0.5, 0.6) is 0 Å². The number of nitrogens with one attached hydrogen (secondary N) is 1. The predicted molar refractivity (Wildman–Crippen MR) is 78.5 cm³/mol. The molecule has 1 N–H and O–H groups in total. The van der Waals surface area contributed by atoms with Crippen molar-refractivity contribution in [2.75, 3.05) is 5.32 Å². The van der Waals surface area contributed by atoms with Crippen LogP contribution in [0.2, 0.25) is 0 Å². The highest BCUT2D eigenvalue weighted by atomic mass is 32.1. The van der Waals surface area contributed by atoms with Crippen LogP contribution in [0.4, 0.5) is 24.8 Å². The molecule has 2 aromatic heterocycles. The molecule has 0 bridgehead atoms. The predicted octanol–water partition coefficient (Wildman–Crippen LogP) is 3.93. The Balaban J connectivity index is 1.85. The maximum absolute atomic E-state index is 12.7. The lowest BCUT2D eigenvalue weighted by Gasteiger charge is -2.09. The standard InChI is InChI=1S/C13H9F3N4O2S/c14-13(15,16)9-3-1-2-8(6-9)7-17-10-11(20(21)22)19-4-5-23-12(19)18-10/h1-6,17H,7H2. The first-order valence-corrected chi connectivity index (χ1v) is 7.24. The normalized spacial score (nSPS) is 11.8. The van der Waals surface area contributed by atoms with Gasteiger partial charge in [0.05, 0.1) is 5.56 Å². The van der Waals surface area contributed by atoms with Crippen LogP contribution in [0.1, 0.15) is 11.1 Å². The van der Waals surface area contributed by atoms with Crippen molar-refractivity contribution in [3.05, 3.63) is 57.1 Å². The van der Waals surface area contributed by atoms with Crippen molar-refractivity contribution in [2.24, 2.45) is 0 Å². The molecule has 0 fully saturated rings. The lowest BCUT2D eigenvalue weighted by molar-refractivity contribution is -0.389. The van der Waals surface area contributed by atoms with E-state index in [0.717, 1.165) is 12.1 Å². The SMILES string of the molecule is O=[N+]([O-])c1c(NCc2cccc(C(F)(F)F)c2)nc2sccn12. The summed E-state index contributed by atoms with van der Waals surface area (Å²) >= 11 is 1.23. The number of alkyl halides is 3. The molecular weight excluding hydrogens is 333 g/mol. The van der Waals surface area contributed by atoms with Crippen molar-refractivity contribution in [3.8, 4) is 0 Å². The van der Waals surface area contributed by atoms with Crippen LogP contribution in [0.3, 0.4) is 0 Å². The molecular formula is C13H9F3N4O2S. The third-order valence-electron chi connectivity index (χ3n) is 3.12. The van der Waals surface area contributed by atoms with Gasteiger partial charge in [-0.3, -0.25) is 0 Å². The average Bonchev–Trinajstić information content (AvgIpc) is 3.04. The Hall–Kier alpha value is -2.62. The quantitative estimate of drug-likeness (QED) is 0.576. The molecule has 0 spiro atoms. The summed E-state index contributed by atoms with van der Waals surface area (Å²) in [6.07, 6.45) is -2.92. The van der Waals surface area contributed by atoms with E-state index in [2.05, 4.69) is 10.3 Å². The van der Waals surface area contributed by atoms with E-state index < -0.39 is 16.7 Å². The first-order chi connectivity index (χ1) is 10.9. The largest absolute Gasteiger partial charge is 0.416 e. The molecule has 0 saturated carbocycles. The first-order valence-electron chi connectivity index (χ1n) is 6.36. The van der Waals surface area contributed by atoms with Crippen LogP contribution >= 0.6 is 11.3 Å². The molecule has 3 rings (SSSR count). The van der Waals surface area contributed by atoms with Crippen LogP contribution in [-0.4, -0.2) is 14.3 Å². The van der Waals surface area contributed by atoms with Gasteiger partial charge in [0.1, 0.15) is 6.20 Å². The molecule has 120 valence electrons. The van der Waals surface area contributed by atoms with E-state index in [1.165, 1.54) is 34.1 Å². The Morgan fingerprint density at radius 3 is 2.87 bits per heavy atom. The van der Waals surface area contributed by atoms with Crippen LogP contribution < -0.4 is 5.32 Å². The van der Waals surface area contributed by atoms with Gasteiger partial charge in [-0.1, -0.05) is 23.5 Å². The molecule has 0 radical (unpaired) electrons. The van der Waals surface area contributed by atoms with E-state index >= 15 is 0 Å². The highest BCUT2D eigenvalue weighted by Crippen LogP contribution is 2.31. The zero-order valence-electron chi connectivity index (χ0n) is 11.4. The van der Waals surface area contributed by atoms with Gasteiger partial charge >= 0.3 is 12.0 Å². The summed E-state index contributed by atoms with van der Waals surface area (Å²) in [5.74, 6) is -0.215. The molecule has 10 heteroatoms. The molecule has 6 nitrogen and oxygen atoms in total. The Bertz CT molecular complexity index is 872. The van der Waals surface area contributed by atoms with E-state index in [4.69, 9.17) is 0 Å². The first kappa shape index (κ1) is 15.3. The van der Waals surface area contributed by atoms with Gasteiger partial charge in [0.25, 0.3) is 4.96 Å². The highest BCUT2D eigenvalue weighted by Gasteiger charge is 2.30. The maximum atomic E-state index is 12.7. The molecule has 0 amide bonds. The maximum Gasteiger partial charge on any atom is 0.416 e.